The van der Waals surface area contributed by atoms with Gasteiger partial charge >= 0.3 is 5.97 Å². The van der Waals surface area contributed by atoms with Crippen molar-refractivity contribution in [3.05, 3.63) is 28.0 Å². The summed E-state index contributed by atoms with van der Waals surface area (Å²) in [6.07, 6.45) is 3.74. The highest BCUT2D eigenvalue weighted by molar-refractivity contribution is 9.10. The zero-order chi connectivity index (χ0) is 14.9. The molecular weight excluding hydrogens is 325 g/mol. The van der Waals surface area contributed by atoms with Crippen molar-refractivity contribution < 1.29 is 14.3 Å². The van der Waals surface area contributed by atoms with Crippen molar-refractivity contribution >= 4 is 27.6 Å². The largest absolute Gasteiger partial charge is 0.481 e. The molecule has 0 radical (unpaired) electrons. The van der Waals surface area contributed by atoms with E-state index in [1.165, 1.54) is 12.1 Å². The minimum atomic E-state index is -0.922. The van der Waals surface area contributed by atoms with Gasteiger partial charge in [0, 0.05) is 4.47 Å². The van der Waals surface area contributed by atoms with Gasteiger partial charge in [-0.25, -0.2) is 4.39 Å². The molecule has 3 nitrogen and oxygen atoms in total. The Morgan fingerprint density at radius 2 is 2.00 bits per heavy atom. The summed E-state index contributed by atoms with van der Waals surface area (Å²) in [5, 5.41) is 9.56. The van der Waals surface area contributed by atoms with Crippen LogP contribution < -0.4 is 5.73 Å². The van der Waals surface area contributed by atoms with Gasteiger partial charge in [-0.05, 0) is 58.3 Å². The predicted octanol–water partition coefficient (Wildman–Crippen LogP) is 4.16. The number of halogens is 2. The van der Waals surface area contributed by atoms with Crippen molar-refractivity contribution in [1.29, 1.82) is 0 Å². The lowest BCUT2D eigenvalue weighted by molar-refractivity contribution is -0.140. The summed E-state index contributed by atoms with van der Waals surface area (Å²) in [6.45, 7) is 2.18. The minimum absolute atomic E-state index is 0.0275. The molecule has 0 bridgehead atoms. The zero-order valence-corrected chi connectivity index (χ0v) is 13.0. The Morgan fingerprint density at radius 1 is 1.40 bits per heavy atom. The molecule has 0 spiro atoms. The molecule has 1 fully saturated rings. The number of nitrogen functional groups attached to an aromatic ring is 1. The number of benzene rings is 1. The van der Waals surface area contributed by atoms with E-state index in [1.807, 2.05) is 0 Å². The lowest BCUT2D eigenvalue weighted by atomic mass is 9.73. The molecule has 1 atom stereocenters. The maximum Gasteiger partial charge on any atom is 0.311 e. The van der Waals surface area contributed by atoms with Crippen molar-refractivity contribution in [1.82, 2.24) is 0 Å². The molecule has 0 aromatic heterocycles. The number of carboxylic acids is 1. The predicted molar refractivity (Wildman–Crippen MR) is 80.0 cm³/mol. The van der Waals surface area contributed by atoms with Crippen molar-refractivity contribution in [3.63, 3.8) is 0 Å². The summed E-state index contributed by atoms with van der Waals surface area (Å²) in [7, 11) is 0. The van der Waals surface area contributed by atoms with Crippen LogP contribution in [0, 0.1) is 17.7 Å². The molecule has 1 aromatic rings. The second-order valence-electron chi connectivity index (χ2n) is 5.73. The van der Waals surface area contributed by atoms with Crippen LogP contribution in [-0.2, 0) is 4.79 Å². The van der Waals surface area contributed by atoms with Crippen molar-refractivity contribution in [3.8, 4) is 0 Å². The summed E-state index contributed by atoms with van der Waals surface area (Å²) in [5.74, 6) is -1.45. The van der Waals surface area contributed by atoms with E-state index in [2.05, 4.69) is 22.9 Å². The average molecular weight is 344 g/mol. The Balaban J connectivity index is 2.36. The molecule has 5 heteroatoms. The fourth-order valence-electron chi connectivity index (χ4n) is 3.07. The van der Waals surface area contributed by atoms with Gasteiger partial charge in [0.2, 0.25) is 0 Å². The highest BCUT2D eigenvalue weighted by Crippen LogP contribution is 2.41. The Morgan fingerprint density at radius 3 is 2.55 bits per heavy atom. The summed E-state index contributed by atoms with van der Waals surface area (Å²) >= 11 is 3.19. The van der Waals surface area contributed by atoms with E-state index in [0.717, 1.165) is 25.7 Å². The molecule has 1 saturated carbocycles. The fraction of sp³-hybridized carbons (Fsp3) is 0.533. The summed E-state index contributed by atoms with van der Waals surface area (Å²) < 4.78 is 14.0. The quantitative estimate of drug-likeness (QED) is 0.809. The number of carbonyl (C=O) groups is 1. The first-order valence-corrected chi connectivity index (χ1v) is 7.66. The van der Waals surface area contributed by atoms with Crippen molar-refractivity contribution in [2.45, 2.75) is 38.5 Å². The van der Waals surface area contributed by atoms with Crippen molar-refractivity contribution in [2.24, 2.45) is 11.8 Å². The van der Waals surface area contributed by atoms with Crippen LogP contribution in [0.15, 0.2) is 16.6 Å². The van der Waals surface area contributed by atoms with Crippen LogP contribution >= 0.6 is 15.9 Å². The minimum Gasteiger partial charge on any atom is -0.481 e. The molecular formula is C15H19BrFNO2. The van der Waals surface area contributed by atoms with Gasteiger partial charge in [0.15, 0.2) is 0 Å². The Bertz CT molecular complexity index is 513. The maximum absolute atomic E-state index is 13.6. The molecule has 1 aromatic carbocycles. The summed E-state index contributed by atoms with van der Waals surface area (Å²) in [4.78, 5) is 11.7. The second-order valence-corrected chi connectivity index (χ2v) is 6.58. The molecule has 1 aliphatic rings. The topological polar surface area (TPSA) is 63.3 Å². The molecule has 1 unspecified atom stereocenters. The van der Waals surface area contributed by atoms with Crippen LogP contribution in [0.3, 0.4) is 0 Å². The molecule has 0 aliphatic heterocycles. The SMILES string of the molecule is CC1CCC(C(C(=O)O)c2cc(F)cc(Br)c2N)CC1. The van der Waals surface area contributed by atoms with E-state index in [-0.39, 0.29) is 5.92 Å². The Hall–Kier alpha value is -1.10. The first-order chi connectivity index (χ1) is 9.40. The fourth-order valence-corrected chi connectivity index (χ4v) is 3.52. The van der Waals surface area contributed by atoms with Gasteiger partial charge in [-0.3, -0.25) is 4.79 Å². The van der Waals surface area contributed by atoms with Gasteiger partial charge in [0.1, 0.15) is 5.82 Å². The van der Waals surface area contributed by atoms with Crippen LogP contribution in [0.4, 0.5) is 10.1 Å². The highest BCUT2D eigenvalue weighted by atomic mass is 79.9. The molecule has 110 valence electrons. The number of hydrogen-bond donors (Lipinski definition) is 2. The van der Waals surface area contributed by atoms with Gasteiger partial charge in [0.05, 0.1) is 11.6 Å². The smallest absolute Gasteiger partial charge is 0.311 e. The third-order valence-corrected chi connectivity index (χ3v) is 4.92. The molecule has 1 aliphatic carbocycles. The zero-order valence-electron chi connectivity index (χ0n) is 11.4. The first kappa shape index (κ1) is 15.3. The number of nitrogens with two attached hydrogens (primary N) is 1. The van der Waals surface area contributed by atoms with Crippen LogP contribution in [0.25, 0.3) is 0 Å². The number of anilines is 1. The molecule has 0 saturated heterocycles. The van der Waals surface area contributed by atoms with Crippen LogP contribution in [0.5, 0.6) is 0 Å². The number of hydrogen-bond acceptors (Lipinski definition) is 2. The number of carboxylic acid groups (broad SMARTS) is 1. The van der Waals surface area contributed by atoms with Crippen LogP contribution in [-0.4, -0.2) is 11.1 Å². The highest BCUT2D eigenvalue weighted by Gasteiger charge is 2.34. The van der Waals surface area contributed by atoms with Crippen molar-refractivity contribution in [2.75, 3.05) is 5.73 Å². The van der Waals surface area contributed by atoms with Gasteiger partial charge in [-0.15, -0.1) is 0 Å². The maximum atomic E-state index is 13.6. The van der Waals surface area contributed by atoms with E-state index in [4.69, 9.17) is 5.73 Å². The second kappa shape index (κ2) is 6.12. The van der Waals surface area contributed by atoms with E-state index >= 15 is 0 Å². The summed E-state index contributed by atoms with van der Waals surface area (Å²) in [5.41, 5.74) is 6.67. The van der Waals surface area contributed by atoms with E-state index in [9.17, 15) is 14.3 Å². The van der Waals surface area contributed by atoms with Gasteiger partial charge < -0.3 is 10.8 Å². The van der Waals surface area contributed by atoms with E-state index in [0.29, 0.717) is 21.6 Å². The van der Waals surface area contributed by atoms with Gasteiger partial charge in [-0.2, -0.15) is 0 Å². The van der Waals surface area contributed by atoms with Gasteiger partial charge in [-0.1, -0.05) is 19.8 Å². The normalized spacial score (nSPS) is 24.4. The average Bonchev–Trinajstić information content (AvgIpc) is 2.37. The molecule has 0 heterocycles. The molecule has 20 heavy (non-hydrogen) atoms. The number of aliphatic carboxylic acids is 1. The van der Waals surface area contributed by atoms with Crippen LogP contribution in [0.1, 0.15) is 44.1 Å². The van der Waals surface area contributed by atoms with Crippen LogP contribution in [0.2, 0.25) is 0 Å². The Labute approximate surface area is 126 Å². The summed E-state index contributed by atoms with van der Waals surface area (Å²) in [6, 6.07) is 2.53. The lowest BCUT2D eigenvalue weighted by Crippen LogP contribution is -2.26. The molecule has 3 N–H and O–H groups in total. The number of rotatable bonds is 3. The molecule has 0 amide bonds. The van der Waals surface area contributed by atoms with Gasteiger partial charge in [0.25, 0.3) is 0 Å². The van der Waals surface area contributed by atoms with E-state index < -0.39 is 17.7 Å². The van der Waals surface area contributed by atoms with E-state index in [1.54, 1.807) is 0 Å². The first-order valence-electron chi connectivity index (χ1n) is 6.87. The Kier molecular flexibility index (Phi) is 4.68. The third kappa shape index (κ3) is 3.14. The lowest BCUT2D eigenvalue weighted by Gasteiger charge is -2.31. The molecule has 2 rings (SSSR count). The third-order valence-electron chi connectivity index (χ3n) is 4.26. The monoisotopic (exact) mass is 343 g/mol. The standard InChI is InChI=1S/C15H19BrFNO2/c1-8-2-4-9(5-3-8)13(15(19)20)11-6-10(17)7-12(16)14(11)18/h6-9,13H,2-5,18H2,1H3,(H,19,20).